The van der Waals surface area contributed by atoms with Crippen LogP contribution >= 0.6 is 0 Å². The lowest BCUT2D eigenvalue weighted by molar-refractivity contribution is 0.886. The van der Waals surface area contributed by atoms with E-state index in [9.17, 15) is 0 Å². The van der Waals surface area contributed by atoms with E-state index in [1.165, 1.54) is 0 Å². The first-order chi connectivity index (χ1) is 9.78. The van der Waals surface area contributed by atoms with Gasteiger partial charge in [0.25, 0.3) is 0 Å². The molecule has 1 saturated heterocycles. The van der Waals surface area contributed by atoms with Gasteiger partial charge in [0.15, 0.2) is 0 Å². The second kappa shape index (κ2) is 5.30. The molecule has 20 heavy (non-hydrogen) atoms. The van der Waals surface area contributed by atoms with Crippen LogP contribution in [0.25, 0.3) is 10.9 Å². The van der Waals surface area contributed by atoms with Crippen molar-refractivity contribution < 1.29 is 0 Å². The van der Waals surface area contributed by atoms with Gasteiger partial charge in [0.1, 0.15) is 5.82 Å². The predicted octanol–water partition coefficient (Wildman–Crippen LogP) is 1.70. The molecule has 0 radical (unpaired) electrons. The molecule has 2 aromatic rings. The number of hydrogen-bond donors (Lipinski definition) is 4. The van der Waals surface area contributed by atoms with Crippen molar-refractivity contribution in [2.75, 3.05) is 25.5 Å². The number of fused-ring (bicyclic) bond motifs is 1. The maximum absolute atomic E-state index is 7.92. The van der Waals surface area contributed by atoms with Gasteiger partial charge in [0, 0.05) is 31.1 Å². The lowest BCUT2D eigenvalue weighted by Crippen LogP contribution is -2.20. The van der Waals surface area contributed by atoms with Gasteiger partial charge in [-0.25, -0.2) is 0 Å². The quantitative estimate of drug-likeness (QED) is 0.683. The minimum absolute atomic E-state index is 0.621. The Morgan fingerprint density at radius 3 is 2.90 bits per heavy atom. The molecule has 1 fully saturated rings. The van der Waals surface area contributed by atoms with Crippen LogP contribution in [0.2, 0.25) is 0 Å². The Labute approximate surface area is 117 Å². The van der Waals surface area contributed by atoms with Crippen molar-refractivity contribution in [1.82, 2.24) is 15.6 Å². The summed E-state index contributed by atoms with van der Waals surface area (Å²) >= 11 is 0. The van der Waals surface area contributed by atoms with Crippen molar-refractivity contribution in [2.24, 2.45) is 0 Å². The van der Waals surface area contributed by atoms with Crippen molar-refractivity contribution in [2.45, 2.75) is 0 Å². The zero-order valence-corrected chi connectivity index (χ0v) is 11.3. The largest absolute Gasteiger partial charge is 0.374 e. The molecule has 1 aliphatic heterocycles. The van der Waals surface area contributed by atoms with Crippen LogP contribution in [-0.4, -0.2) is 30.8 Å². The maximum Gasteiger partial charge on any atom is 0.109 e. The minimum Gasteiger partial charge on any atom is -0.374 e. The normalized spacial score (nSPS) is 17.4. The Morgan fingerprint density at radius 2 is 2.15 bits per heavy atom. The van der Waals surface area contributed by atoms with Crippen LogP contribution < -0.4 is 16.0 Å². The Hall–Kier alpha value is -2.40. The Morgan fingerprint density at radius 1 is 1.30 bits per heavy atom. The molecule has 5 heteroatoms. The van der Waals surface area contributed by atoms with Gasteiger partial charge in [-0.1, -0.05) is 18.2 Å². The molecule has 0 amide bonds. The number of benzene rings is 1. The van der Waals surface area contributed by atoms with E-state index < -0.39 is 0 Å². The molecule has 4 N–H and O–H groups in total. The molecule has 0 atom stereocenters. The molecular formula is C15H17N5. The lowest BCUT2D eigenvalue weighted by Gasteiger charge is -2.14. The van der Waals surface area contributed by atoms with Crippen LogP contribution in [0.4, 0.5) is 5.69 Å². The molecular weight excluding hydrogens is 250 g/mol. The average Bonchev–Trinajstić information content (AvgIpc) is 2.91. The number of anilines is 1. The highest BCUT2D eigenvalue weighted by atomic mass is 15.1. The Bertz CT molecular complexity index is 689. The summed E-state index contributed by atoms with van der Waals surface area (Å²) in [4.78, 5) is 4.43. The third-order valence-corrected chi connectivity index (χ3v) is 3.38. The molecule has 5 nitrogen and oxygen atoms in total. The van der Waals surface area contributed by atoms with E-state index in [0.717, 1.165) is 28.0 Å². The standard InChI is InChI=1S/C15H17N5/c1-17-15(12-8-18-9-13(12)16)20-11-6-10-4-2-3-5-14(10)19-7-11/h2-7,16-18,20H,8-9H2,1H3/b15-12+,16-13?. The van der Waals surface area contributed by atoms with Crippen LogP contribution in [-0.2, 0) is 0 Å². The van der Waals surface area contributed by atoms with Gasteiger partial charge in [-0.2, -0.15) is 0 Å². The van der Waals surface area contributed by atoms with Crippen molar-refractivity contribution >= 4 is 22.3 Å². The molecule has 0 spiro atoms. The summed E-state index contributed by atoms with van der Waals surface area (Å²) < 4.78 is 0. The van der Waals surface area contributed by atoms with E-state index in [4.69, 9.17) is 5.41 Å². The van der Waals surface area contributed by atoms with Crippen molar-refractivity contribution in [3.8, 4) is 0 Å². The molecule has 3 rings (SSSR count). The highest BCUT2D eigenvalue weighted by Crippen LogP contribution is 2.18. The Balaban J connectivity index is 1.93. The third kappa shape index (κ3) is 2.35. The fraction of sp³-hybridized carbons (Fsp3) is 0.200. The summed E-state index contributed by atoms with van der Waals surface area (Å²) in [5, 5.41) is 18.6. The Kier molecular flexibility index (Phi) is 3.35. The number of para-hydroxylation sites is 1. The molecule has 1 aliphatic rings. The molecule has 2 heterocycles. The van der Waals surface area contributed by atoms with E-state index in [1.807, 2.05) is 37.5 Å². The molecule has 102 valence electrons. The van der Waals surface area contributed by atoms with Gasteiger partial charge < -0.3 is 21.4 Å². The number of rotatable bonds is 3. The topological polar surface area (TPSA) is 72.8 Å². The molecule has 1 aromatic carbocycles. The first-order valence-electron chi connectivity index (χ1n) is 6.59. The van der Waals surface area contributed by atoms with Crippen LogP contribution in [0.15, 0.2) is 47.9 Å². The van der Waals surface area contributed by atoms with Gasteiger partial charge >= 0.3 is 0 Å². The fourth-order valence-electron chi connectivity index (χ4n) is 2.34. The predicted molar refractivity (Wildman–Crippen MR) is 82.0 cm³/mol. The molecule has 1 aromatic heterocycles. The second-order valence-electron chi connectivity index (χ2n) is 4.73. The summed E-state index contributed by atoms with van der Waals surface area (Å²) in [6.45, 7) is 1.33. The first-order valence-corrected chi connectivity index (χ1v) is 6.59. The van der Waals surface area contributed by atoms with Gasteiger partial charge in [0.2, 0.25) is 0 Å². The number of hydrogen-bond acceptors (Lipinski definition) is 5. The number of pyridine rings is 1. The van der Waals surface area contributed by atoms with Crippen LogP contribution in [0.3, 0.4) is 0 Å². The zero-order valence-electron chi connectivity index (χ0n) is 11.3. The highest BCUT2D eigenvalue weighted by molar-refractivity contribution is 6.02. The summed E-state index contributed by atoms with van der Waals surface area (Å²) in [6.07, 6.45) is 1.81. The second-order valence-corrected chi connectivity index (χ2v) is 4.73. The fourth-order valence-corrected chi connectivity index (χ4v) is 2.34. The summed E-state index contributed by atoms with van der Waals surface area (Å²) in [6, 6.07) is 10.1. The molecule has 0 bridgehead atoms. The maximum atomic E-state index is 7.92. The average molecular weight is 267 g/mol. The van der Waals surface area contributed by atoms with E-state index in [1.54, 1.807) is 0 Å². The minimum atomic E-state index is 0.621. The van der Waals surface area contributed by atoms with Gasteiger partial charge in [-0.05, 0) is 12.1 Å². The van der Waals surface area contributed by atoms with Gasteiger partial charge in [0.05, 0.1) is 23.1 Å². The molecule has 0 saturated carbocycles. The first kappa shape index (κ1) is 12.6. The summed E-state index contributed by atoms with van der Waals surface area (Å²) in [7, 11) is 1.86. The van der Waals surface area contributed by atoms with E-state index in [0.29, 0.717) is 18.8 Å². The van der Waals surface area contributed by atoms with Gasteiger partial charge in [-0.3, -0.25) is 4.98 Å². The van der Waals surface area contributed by atoms with Crippen molar-refractivity contribution in [3.05, 3.63) is 47.9 Å². The van der Waals surface area contributed by atoms with Gasteiger partial charge in [-0.15, -0.1) is 0 Å². The van der Waals surface area contributed by atoms with E-state index in [2.05, 4.69) is 27.0 Å². The highest BCUT2D eigenvalue weighted by Gasteiger charge is 2.17. The molecule has 0 aliphatic carbocycles. The van der Waals surface area contributed by atoms with Crippen LogP contribution in [0.1, 0.15) is 0 Å². The monoisotopic (exact) mass is 267 g/mol. The van der Waals surface area contributed by atoms with Crippen molar-refractivity contribution in [1.29, 1.82) is 5.41 Å². The van der Waals surface area contributed by atoms with Crippen LogP contribution in [0, 0.1) is 5.41 Å². The number of aromatic nitrogens is 1. The SMILES string of the molecule is CN/C(Nc1cnc2ccccc2c1)=C1/CNCC1=N. The van der Waals surface area contributed by atoms with E-state index in [-0.39, 0.29) is 0 Å². The molecule has 0 unspecified atom stereocenters. The lowest BCUT2D eigenvalue weighted by atomic mass is 10.2. The smallest absolute Gasteiger partial charge is 0.109 e. The number of nitrogens with one attached hydrogen (secondary N) is 4. The number of nitrogens with zero attached hydrogens (tertiary/aromatic N) is 1. The summed E-state index contributed by atoms with van der Waals surface area (Å²) in [5.41, 5.74) is 3.49. The van der Waals surface area contributed by atoms with E-state index >= 15 is 0 Å². The third-order valence-electron chi connectivity index (χ3n) is 3.38. The summed E-state index contributed by atoms with van der Waals surface area (Å²) in [5.74, 6) is 0.858. The van der Waals surface area contributed by atoms with Crippen LogP contribution in [0.5, 0.6) is 0 Å². The van der Waals surface area contributed by atoms with Crippen molar-refractivity contribution in [3.63, 3.8) is 0 Å². The zero-order chi connectivity index (χ0) is 13.9.